The Morgan fingerprint density at radius 3 is 2.52 bits per heavy atom. The maximum Gasteiger partial charge on any atom is 0.207 e. The molecule has 6 heteroatoms. The van der Waals surface area contributed by atoms with Crippen LogP contribution in [-0.4, -0.2) is 24.9 Å². The molecule has 0 fully saturated rings. The van der Waals surface area contributed by atoms with E-state index in [0.29, 0.717) is 18.0 Å². The van der Waals surface area contributed by atoms with Crippen molar-refractivity contribution in [1.82, 2.24) is 10.2 Å². The van der Waals surface area contributed by atoms with Gasteiger partial charge in [0.25, 0.3) is 0 Å². The van der Waals surface area contributed by atoms with Crippen LogP contribution in [-0.2, 0) is 4.79 Å². The number of carbonyl (C=O) groups is 1. The highest BCUT2D eigenvalue weighted by molar-refractivity contribution is 6.30. The van der Waals surface area contributed by atoms with Gasteiger partial charge in [-0.05, 0) is 36.8 Å². The Balaban J connectivity index is 3.00. The van der Waals surface area contributed by atoms with Crippen LogP contribution < -0.4 is 11.1 Å². The molecule has 1 aromatic rings. The van der Waals surface area contributed by atoms with Crippen molar-refractivity contribution in [2.45, 2.75) is 13.0 Å². The number of hydrogen-bond acceptors (Lipinski definition) is 3. The van der Waals surface area contributed by atoms with Crippen LogP contribution in [0.25, 0.3) is 0 Å². The van der Waals surface area contributed by atoms with Crippen LogP contribution in [0, 0.1) is 0 Å². The van der Waals surface area contributed by atoms with Crippen LogP contribution in [0.3, 0.4) is 0 Å². The number of halogens is 2. The summed E-state index contributed by atoms with van der Waals surface area (Å²) in [7, 11) is 1.94. The predicted molar refractivity (Wildman–Crippen MR) is 87.9 cm³/mol. The Hall–Kier alpha value is -1.65. The molecule has 1 unspecified atom stereocenters. The minimum absolute atomic E-state index is 0.0198. The molecule has 0 bridgehead atoms. The number of allylic oxidation sites excluding steroid dienone is 3. The van der Waals surface area contributed by atoms with Crippen molar-refractivity contribution in [3.8, 4) is 0 Å². The number of nitrogens with one attached hydrogen (secondary N) is 1. The molecule has 4 nitrogen and oxygen atoms in total. The van der Waals surface area contributed by atoms with Crippen molar-refractivity contribution in [2.24, 2.45) is 5.73 Å². The Labute approximate surface area is 135 Å². The summed E-state index contributed by atoms with van der Waals surface area (Å²) in [5.74, 6) is 0. The second-order valence-corrected chi connectivity index (χ2v) is 5.44. The Morgan fingerprint density at radius 2 is 2.00 bits per heavy atom. The third-order valence-electron chi connectivity index (χ3n) is 3.16. The third kappa shape index (κ3) is 5.69. The summed E-state index contributed by atoms with van der Waals surface area (Å²) in [6.45, 7) is 2.42. The first-order chi connectivity index (χ1) is 9.95. The predicted octanol–water partition coefficient (Wildman–Crippen LogP) is 3.00. The number of likely N-dealkylation sites (N-methyl/N-ethyl adjacent to an activating group) is 1. The van der Waals surface area contributed by atoms with Gasteiger partial charge in [-0.3, -0.25) is 4.79 Å². The monoisotopic (exact) mass is 327 g/mol. The van der Waals surface area contributed by atoms with E-state index in [9.17, 15) is 4.79 Å². The van der Waals surface area contributed by atoms with Crippen LogP contribution in [0.5, 0.6) is 0 Å². The molecule has 1 rings (SSSR count). The quantitative estimate of drug-likeness (QED) is 0.460. The second-order valence-electron chi connectivity index (χ2n) is 4.56. The molecular weight excluding hydrogens is 309 g/mol. The average molecular weight is 328 g/mol. The molecule has 0 aliphatic heterocycles. The number of rotatable bonds is 7. The topological polar surface area (TPSA) is 58.4 Å². The van der Waals surface area contributed by atoms with Gasteiger partial charge in [-0.2, -0.15) is 0 Å². The zero-order valence-corrected chi connectivity index (χ0v) is 13.5. The number of carbonyl (C=O) groups excluding carboxylic acids is 1. The van der Waals surface area contributed by atoms with Crippen molar-refractivity contribution < 1.29 is 4.79 Å². The van der Waals surface area contributed by atoms with Crippen LogP contribution in [0.1, 0.15) is 18.5 Å². The second kappa shape index (κ2) is 8.60. The van der Waals surface area contributed by atoms with E-state index in [-0.39, 0.29) is 11.2 Å². The van der Waals surface area contributed by atoms with E-state index >= 15 is 0 Å². The smallest absolute Gasteiger partial charge is 0.207 e. The van der Waals surface area contributed by atoms with Gasteiger partial charge in [0.15, 0.2) is 0 Å². The largest absolute Gasteiger partial charge is 0.389 e. The van der Waals surface area contributed by atoms with E-state index in [2.05, 4.69) is 5.32 Å². The summed E-state index contributed by atoms with van der Waals surface area (Å²) >= 11 is 11.5. The third-order valence-corrected chi connectivity index (χ3v) is 3.53. The highest BCUT2D eigenvalue weighted by Gasteiger charge is 2.16. The lowest BCUT2D eigenvalue weighted by Gasteiger charge is -2.31. The first-order valence-electron chi connectivity index (χ1n) is 6.40. The SMILES string of the molecule is C/C(=C\C=C(/N)Cl)N(C)C(CNC=O)c1ccc(Cl)cc1. The summed E-state index contributed by atoms with van der Waals surface area (Å²) in [5, 5.41) is 3.61. The van der Waals surface area contributed by atoms with Crippen LogP contribution in [0.4, 0.5) is 0 Å². The Morgan fingerprint density at radius 1 is 1.38 bits per heavy atom. The fraction of sp³-hybridized carbons (Fsp3) is 0.267. The fourth-order valence-electron chi connectivity index (χ4n) is 1.89. The lowest BCUT2D eigenvalue weighted by molar-refractivity contribution is -0.109. The fourth-order valence-corrected chi connectivity index (χ4v) is 2.08. The van der Waals surface area contributed by atoms with Crippen molar-refractivity contribution in [2.75, 3.05) is 13.6 Å². The van der Waals surface area contributed by atoms with Crippen molar-refractivity contribution in [1.29, 1.82) is 0 Å². The molecule has 0 spiro atoms. The number of nitrogens with two attached hydrogens (primary N) is 1. The maximum absolute atomic E-state index is 10.6. The molecule has 3 N–H and O–H groups in total. The Kier molecular flexibility index (Phi) is 7.12. The maximum atomic E-state index is 10.6. The van der Waals surface area contributed by atoms with E-state index < -0.39 is 0 Å². The molecule has 0 aliphatic rings. The van der Waals surface area contributed by atoms with Gasteiger partial charge in [0.2, 0.25) is 6.41 Å². The summed E-state index contributed by atoms with van der Waals surface area (Å²) in [4.78, 5) is 12.6. The molecular formula is C15H19Cl2N3O. The van der Waals surface area contributed by atoms with Crippen LogP contribution >= 0.6 is 23.2 Å². The van der Waals surface area contributed by atoms with E-state index in [0.717, 1.165) is 11.3 Å². The van der Waals surface area contributed by atoms with E-state index in [1.807, 2.05) is 49.2 Å². The molecule has 0 aromatic heterocycles. The van der Waals surface area contributed by atoms with Crippen molar-refractivity contribution in [3.05, 3.63) is 57.9 Å². The molecule has 1 amide bonds. The average Bonchev–Trinajstić information content (AvgIpc) is 2.46. The standard InChI is InChI=1S/C15H19Cl2N3O/c1-11(3-8-15(17)18)20(2)14(9-19-10-21)12-4-6-13(16)7-5-12/h3-8,10,14H,9,18H2,1-2H3,(H,19,21)/b11-3+,15-8-. The minimum Gasteiger partial charge on any atom is -0.389 e. The normalized spacial score (nSPS) is 13.7. The van der Waals surface area contributed by atoms with Gasteiger partial charge >= 0.3 is 0 Å². The molecule has 0 radical (unpaired) electrons. The van der Waals surface area contributed by atoms with E-state index in [1.54, 1.807) is 6.08 Å². The molecule has 0 saturated carbocycles. The molecule has 21 heavy (non-hydrogen) atoms. The minimum atomic E-state index is -0.0198. The molecule has 0 heterocycles. The highest BCUT2D eigenvalue weighted by Crippen LogP contribution is 2.24. The number of amides is 1. The van der Waals surface area contributed by atoms with Crippen LogP contribution in [0.15, 0.2) is 47.3 Å². The Bertz CT molecular complexity index is 522. The summed E-state index contributed by atoms with van der Waals surface area (Å²) < 4.78 is 0. The molecule has 0 saturated heterocycles. The number of nitrogens with zero attached hydrogens (tertiary/aromatic N) is 1. The number of hydrogen-bond donors (Lipinski definition) is 2. The first kappa shape index (κ1) is 17.4. The van der Waals surface area contributed by atoms with Gasteiger partial charge in [-0.25, -0.2) is 0 Å². The van der Waals surface area contributed by atoms with Gasteiger partial charge in [-0.1, -0.05) is 35.3 Å². The summed E-state index contributed by atoms with van der Waals surface area (Å²) in [6, 6.07) is 7.51. The van der Waals surface area contributed by atoms with Gasteiger partial charge in [0, 0.05) is 24.3 Å². The number of benzene rings is 1. The first-order valence-corrected chi connectivity index (χ1v) is 7.16. The zero-order valence-electron chi connectivity index (χ0n) is 12.0. The van der Waals surface area contributed by atoms with Gasteiger partial charge < -0.3 is 16.0 Å². The van der Waals surface area contributed by atoms with E-state index in [4.69, 9.17) is 28.9 Å². The molecule has 1 aromatic carbocycles. The van der Waals surface area contributed by atoms with Crippen LogP contribution in [0.2, 0.25) is 5.02 Å². The molecule has 0 aliphatic carbocycles. The molecule has 1 atom stereocenters. The van der Waals surface area contributed by atoms with E-state index in [1.165, 1.54) is 0 Å². The highest BCUT2D eigenvalue weighted by atomic mass is 35.5. The van der Waals surface area contributed by atoms with Crippen molar-refractivity contribution >= 4 is 29.6 Å². The zero-order chi connectivity index (χ0) is 15.8. The summed E-state index contributed by atoms with van der Waals surface area (Å²) in [5.41, 5.74) is 7.43. The van der Waals surface area contributed by atoms with Gasteiger partial charge in [0.1, 0.15) is 0 Å². The summed E-state index contributed by atoms with van der Waals surface area (Å²) in [6.07, 6.45) is 4.14. The molecule has 114 valence electrons. The lowest BCUT2D eigenvalue weighted by atomic mass is 10.1. The van der Waals surface area contributed by atoms with Crippen molar-refractivity contribution in [3.63, 3.8) is 0 Å². The lowest BCUT2D eigenvalue weighted by Crippen LogP contribution is -2.32. The van der Waals surface area contributed by atoms with Gasteiger partial charge in [-0.15, -0.1) is 0 Å². The van der Waals surface area contributed by atoms with Gasteiger partial charge in [0.05, 0.1) is 11.2 Å².